The Morgan fingerprint density at radius 3 is 2.56 bits per heavy atom. The Balaban J connectivity index is 2.69. The molecule has 1 aliphatic rings. The fraction of sp³-hybridized carbons (Fsp3) is 0.900. The van der Waals surface area contributed by atoms with E-state index in [2.05, 4.69) is 10.1 Å². The second-order valence-electron chi connectivity index (χ2n) is 4.39. The van der Waals surface area contributed by atoms with Crippen molar-refractivity contribution >= 4 is 5.97 Å². The van der Waals surface area contributed by atoms with Gasteiger partial charge in [0.1, 0.15) is 5.54 Å². The van der Waals surface area contributed by atoms with Crippen LogP contribution in [0.4, 0.5) is 13.2 Å². The molecule has 94 valence electrons. The Morgan fingerprint density at radius 2 is 2.19 bits per heavy atom. The van der Waals surface area contributed by atoms with Gasteiger partial charge in [-0.05, 0) is 25.2 Å². The molecular weight excluding hydrogens is 223 g/mol. The molecule has 0 aromatic carbocycles. The summed E-state index contributed by atoms with van der Waals surface area (Å²) in [5.74, 6) is -0.360. The molecule has 0 aliphatic heterocycles. The zero-order valence-corrected chi connectivity index (χ0v) is 9.36. The topological polar surface area (TPSA) is 38.3 Å². The van der Waals surface area contributed by atoms with Gasteiger partial charge < -0.3 is 4.74 Å². The quantitative estimate of drug-likeness (QED) is 0.764. The maximum absolute atomic E-state index is 12.1. The molecule has 0 radical (unpaired) electrons. The molecule has 0 spiro atoms. The number of hydrogen-bond acceptors (Lipinski definition) is 3. The largest absolute Gasteiger partial charge is 0.468 e. The molecule has 1 rings (SSSR count). The average Bonchev–Trinajstić information content (AvgIpc) is 2.56. The van der Waals surface area contributed by atoms with Crippen LogP contribution in [0.2, 0.25) is 0 Å². The van der Waals surface area contributed by atoms with Crippen LogP contribution in [0, 0.1) is 5.92 Å². The fourth-order valence-electron chi connectivity index (χ4n) is 2.17. The Labute approximate surface area is 92.3 Å². The van der Waals surface area contributed by atoms with Crippen LogP contribution in [0.1, 0.15) is 26.2 Å². The van der Waals surface area contributed by atoms with Gasteiger partial charge in [0, 0.05) is 0 Å². The van der Waals surface area contributed by atoms with Crippen molar-refractivity contribution in [2.24, 2.45) is 5.92 Å². The molecule has 0 aromatic rings. The molecule has 3 nitrogen and oxygen atoms in total. The average molecular weight is 239 g/mol. The maximum atomic E-state index is 12.1. The van der Waals surface area contributed by atoms with Crippen LogP contribution in [0.15, 0.2) is 0 Å². The first-order valence-corrected chi connectivity index (χ1v) is 5.19. The molecular formula is C10H16F3NO2. The van der Waals surface area contributed by atoms with Gasteiger partial charge in [-0.3, -0.25) is 10.1 Å². The summed E-state index contributed by atoms with van der Waals surface area (Å²) in [5, 5.41) is 2.32. The van der Waals surface area contributed by atoms with E-state index < -0.39 is 24.2 Å². The first kappa shape index (κ1) is 13.3. The molecule has 0 bridgehead atoms. The highest BCUT2D eigenvalue weighted by molar-refractivity contribution is 5.81. The van der Waals surface area contributed by atoms with Crippen LogP contribution in [0.3, 0.4) is 0 Å². The summed E-state index contributed by atoms with van der Waals surface area (Å²) in [4.78, 5) is 11.5. The summed E-state index contributed by atoms with van der Waals surface area (Å²) >= 11 is 0. The van der Waals surface area contributed by atoms with Crippen molar-refractivity contribution in [3.8, 4) is 0 Å². The predicted octanol–water partition coefficient (Wildman–Crippen LogP) is 1.87. The third-order valence-corrected chi connectivity index (χ3v) is 2.96. The summed E-state index contributed by atoms with van der Waals surface area (Å²) in [5.41, 5.74) is -1.15. The van der Waals surface area contributed by atoms with Gasteiger partial charge in [-0.2, -0.15) is 13.2 Å². The van der Waals surface area contributed by atoms with E-state index in [1.165, 1.54) is 7.11 Å². The first-order chi connectivity index (χ1) is 7.29. The second-order valence-corrected chi connectivity index (χ2v) is 4.39. The summed E-state index contributed by atoms with van der Waals surface area (Å²) in [6.45, 7) is 0.759. The Kier molecular flexibility index (Phi) is 3.83. The molecule has 0 amide bonds. The monoisotopic (exact) mass is 239 g/mol. The van der Waals surface area contributed by atoms with Crippen LogP contribution in [0.5, 0.6) is 0 Å². The van der Waals surface area contributed by atoms with Crippen molar-refractivity contribution in [2.75, 3.05) is 13.7 Å². The van der Waals surface area contributed by atoms with Gasteiger partial charge in [-0.25, -0.2) is 0 Å². The van der Waals surface area contributed by atoms with Crippen molar-refractivity contribution < 1.29 is 22.7 Å². The molecule has 16 heavy (non-hydrogen) atoms. The first-order valence-electron chi connectivity index (χ1n) is 5.19. The maximum Gasteiger partial charge on any atom is 0.401 e. The number of ether oxygens (including phenoxy) is 1. The van der Waals surface area contributed by atoms with Crippen molar-refractivity contribution in [2.45, 2.75) is 37.9 Å². The van der Waals surface area contributed by atoms with Crippen molar-refractivity contribution in [3.05, 3.63) is 0 Å². The number of esters is 1. The van der Waals surface area contributed by atoms with Gasteiger partial charge in [0.2, 0.25) is 0 Å². The highest BCUT2D eigenvalue weighted by atomic mass is 19.4. The second kappa shape index (κ2) is 4.61. The van der Waals surface area contributed by atoms with Gasteiger partial charge in [-0.1, -0.05) is 6.92 Å². The molecule has 0 saturated heterocycles. The van der Waals surface area contributed by atoms with E-state index in [0.717, 1.165) is 6.42 Å². The molecule has 1 N–H and O–H groups in total. The molecule has 0 heterocycles. The molecule has 2 unspecified atom stereocenters. The summed E-state index contributed by atoms with van der Waals surface area (Å²) in [6.07, 6.45) is -2.78. The number of halogens is 3. The number of carbonyl (C=O) groups excluding carboxylic acids is 1. The highest BCUT2D eigenvalue weighted by Crippen LogP contribution is 2.35. The Morgan fingerprint density at radius 1 is 1.56 bits per heavy atom. The lowest BCUT2D eigenvalue weighted by Crippen LogP contribution is -2.53. The van der Waals surface area contributed by atoms with E-state index in [1.54, 1.807) is 0 Å². The number of alkyl halides is 3. The number of rotatable bonds is 3. The molecule has 1 fully saturated rings. The summed E-state index contributed by atoms with van der Waals surface area (Å²) in [6, 6.07) is 0. The number of nitrogens with one attached hydrogen (secondary N) is 1. The normalized spacial score (nSPS) is 30.4. The van der Waals surface area contributed by atoms with E-state index in [-0.39, 0.29) is 5.92 Å². The molecule has 1 aliphatic carbocycles. The third kappa shape index (κ3) is 3.10. The van der Waals surface area contributed by atoms with Crippen LogP contribution in [0.25, 0.3) is 0 Å². The van der Waals surface area contributed by atoms with Gasteiger partial charge in [0.05, 0.1) is 13.7 Å². The highest BCUT2D eigenvalue weighted by Gasteiger charge is 2.46. The zero-order chi connectivity index (χ0) is 12.4. The van der Waals surface area contributed by atoms with E-state index in [1.807, 2.05) is 6.92 Å². The lowest BCUT2D eigenvalue weighted by molar-refractivity contribution is -0.153. The number of hydrogen-bond donors (Lipinski definition) is 1. The SMILES string of the molecule is COC(=O)C1(NCC(F)(F)F)CCC(C)C1. The predicted molar refractivity (Wildman–Crippen MR) is 51.8 cm³/mol. The van der Waals surface area contributed by atoms with Crippen LogP contribution < -0.4 is 5.32 Å². The van der Waals surface area contributed by atoms with Gasteiger partial charge in [-0.15, -0.1) is 0 Å². The van der Waals surface area contributed by atoms with Crippen LogP contribution in [-0.4, -0.2) is 31.3 Å². The fourth-order valence-corrected chi connectivity index (χ4v) is 2.17. The standard InChI is InChI=1S/C10H16F3NO2/c1-7-3-4-9(5-7,8(15)16-2)14-6-10(11,12)13/h7,14H,3-6H2,1-2H3. The van der Waals surface area contributed by atoms with Gasteiger partial charge in [0.25, 0.3) is 0 Å². The van der Waals surface area contributed by atoms with E-state index in [4.69, 9.17) is 0 Å². The molecule has 6 heteroatoms. The van der Waals surface area contributed by atoms with Crippen molar-refractivity contribution in [3.63, 3.8) is 0 Å². The van der Waals surface area contributed by atoms with E-state index in [9.17, 15) is 18.0 Å². The Hall–Kier alpha value is -0.780. The minimum atomic E-state index is -4.31. The Bertz CT molecular complexity index is 267. The molecule has 1 saturated carbocycles. The lowest BCUT2D eigenvalue weighted by atomic mass is 9.96. The van der Waals surface area contributed by atoms with Crippen molar-refractivity contribution in [1.29, 1.82) is 0 Å². The van der Waals surface area contributed by atoms with Crippen molar-refractivity contribution in [1.82, 2.24) is 5.32 Å². The minimum absolute atomic E-state index is 0.236. The number of methoxy groups -OCH3 is 1. The van der Waals surface area contributed by atoms with E-state index in [0.29, 0.717) is 12.8 Å². The smallest absolute Gasteiger partial charge is 0.401 e. The minimum Gasteiger partial charge on any atom is -0.468 e. The summed E-state index contributed by atoms with van der Waals surface area (Å²) < 4.78 is 41.0. The third-order valence-electron chi connectivity index (χ3n) is 2.96. The lowest BCUT2D eigenvalue weighted by Gasteiger charge is -2.28. The molecule has 2 atom stereocenters. The summed E-state index contributed by atoms with van der Waals surface area (Å²) in [7, 11) is 1.20. The van der Waals surface area contributed by atoms with Crippen LogP contribution in [-0.2, 0) is 9.53 Å². The number of carbonyl (C=O) groups is 1. The molecule has 0 aromatic heterocycles. The zero-order valence-electron chi connectivity index (χ0n) is 9.36. The van der Waals surface area contributed by atoms with Gasteiger partial charge in [0.15, 0.2) is 0 Å². The van der Waals surface area contributed by atoms with Crippen LogP contribution >= 0.6 is 0 Å². The van der Waals surface area contributed by atoms with Gasteiger partial charge >= 0.3 is 12.1 Å². The van der Waals surface area contributed by atoms with E-state index >= 15 is 0 Å².